The van der Waals surface area contributed by atoms with Crippen LogP contribution in [-0.4, -0.2) is 32.7 Å². The standard InChI is InChI=1S/C21H26N4O2S/c1-3-26-19-9-6-18(7-10-19)23-21(28)25(15-20-8-5-17(2)27-20)13-4-12-24-14-11-22-16-24/h5-11,14,16H,3-4,12-13,15H2,1-2H3,(H,23,28). The second-order valence-corrected chi connectivity index (χ2v) is 6.86. The zero-order chi connectivity index (χ0) is 19.8. The van der Waals surface area contributed by atoms with Crippen molar-refractivity contribution < 1.29 is 9.15 Å². The number of anilines is 1. The molecular formula is C21H26N4O2S. The molecule has 2 heterocycles. The van der Waals surface area contributed by atoms with E-state index in [0.29, 0.717) is 18.3 Å². The van der Waals surface area contributed by atoms with Gasteiger partial charge in [-0.3, -0.25) is 0 Å². The number of furan rings is 1. The molecule has 0 saturated carbocycles. The molecule has 1 aromatic carbocycles. The zero-order valence-electron chi connectivity index (χ0n) is 16.3. The van der Waals surface area contributed by atoms with Crippen LogP contribution < -0.4 is 10.1 Å². The van der Waals surface area contributed by atoms with Crippen molar-refractivity contribution in [2.75, 3.05) is 18.5 Å². The van der Waals surface area contributed by atoms with E-state index >= 15 is 0 Å². The van der Waals surface area contributed by atoms with E-state index in [1.807, 2.05) is 62.8 Å². The van der Waals surface area contributed by atoms with Gasteiger partial charge in [0.05, 0.1) is 19.5 Å². The molecule has 0 aliphatic rings. The molecule has 0 radical (unpaired) electrons. The van der Waals surface area contributed by atoms with Crippen molar-refractivity contribution in [2.24, 2.45) is 0 Å². The number of nitrogens with zero attached hydrogens (tertiary/aromatic N) is 3. The number of hydrogen-bond acceptors (Lipinski definition) is 4. The summed E-state index contributed by atoms with van der Waals surface area (Å²) in [5, 5.41) is 3.99. The minimum Gasteiger partial charge on any atom is -0.494 e. The first-order valence-corrected chi connectivity index (χ1v) is 9.84. The fraction of sp³-hybridized carbons (Fsp3) is 0.333. The molecule has 148 valence electrons. The van der Waals surface area contributed by atoms with E-state index in [-0.39, 0.29) is 0 Å². The number of ether oxygens (including phenoxy) is 1. The third kappa shape index (κ3) is 5.85. The van der Waals surface area contributed by atoms with Gasteiger partial charge < -0.3 is 23.9 Å². The number of nitrogens with one attached hydrogen (secondary N) is 1. The van der Waals surface area contributed by atoms with Gasteiger partial charge in [0.25, 0.3) is 0 Å². The largest absolute Gasteiger partial charge is 0.494 e. The lowest BCUT2D eigenvalue weighted by Gasteiger charge is -2.25. The molecule has 3 rings (SSSR count). The molecule has 1 N–H and O–H groups in total. The van der Waals surface area contributed by atoms with E-state index in [4.69, 9.17) is 21.4 Å². The van der Waals surface area contributed by atoms with Crippen molar-refractivity contribution in [3.8, 4) is 5.75 Å². The Morgan fingerprint density at radius 2 is 2.07 bits per heavy atom. The molecule has 0 bridgehead atoms. The summed E-state index contributed by atoms with van der Waals surface area (Å²) >= 11 is 5.68. The fourth-order valence-electron chi connectivity index (χ4n) is 2.88. The number of aromatic nitrogens is 2. The minimum atomic E-state index is 0.626. The molecular weight excluding hydrogens is 372 g/mol. The lowest BCUT2D eigenvalue weighted by atomic mass is 10.3. The van der Waals surface area contributed by atoms with Crippen molar-refractivity contribution in [1.29, 1.82) is 0 Å². The summed E-state index contributed by atoms with van der Waals surface area (Å²) in [4.78, 5) is 6.21. The third-order valence-electron chi connectivity index (χ3n) is 4.25. The Labute approximate surface area is 171 Å². The van der Waals surface area contributed by atoms with Crippen LogP contribution in [0.2, 0.25) is 0 Å². The van der Waals surface area contributed by atoms with E-state index in [1.54, 1.807) is 6.20 Å². The molecule has 0 aliphatic heterocycles. The van der Waals surface area contributed by atoms with Crippen LogP contribution >= 0.6 is 12.2 Å². The number of hydrogen-bond donors (Lipinski definition) is 1. The summed E-state index contributed by atoms with van der Waals surface area (Å²) in [6, 6.07) is 11.8. The molecule has 6 nitrogen and oxygen atoms in total. The first-order chi connectivity index (χ1) is 13.6. The summed E-state index contributed by atoms with van der Waals surface area (Å²) in [6.45, 7) is 6.89. The topological polar surface area (TPSA) is 55.5 Å². The Morgan fingerprint density at radius 1 is 1.25 bits per heavy atom. The maximum absolute atomic E-state index is 5.75. The lowest BCUT2D eigenvalue weighted by Crippen LogP contribution is -2.35. The third-order valence-corrected chi connectivity index (χ3v) is 4.61. The van der Waals surface area contributed by atoms with Crippen LogP contribution in [-0.2, 0) is 13.1 Å². The van der Waals surface area contributed by atoms with E-state index in [2.05, 4.69) is 19.8 Å². The van der Waals surface area contributed by atoms with E-state index < -0.39 is 0 Å². The van der Waals surface area contributed by atoms with Crippen molar-refractivity contribution in [1.82, 2.24) is 14.5 Å². The summed E-state index contributed by atoms with van der Waals surface area (Å²) in [7, 11) is 0. The molecule has 0 saturated heterocycles. The van der Waals surface area contributed by atoms with Gasteiger partial charge >= 0.3 is 0 Å². The van der Waals surface area contributed by atoms with Crippen LogP contribution in [0, 0.1) is 6.92 Å². The SMILES string of the molecule is CCOc1ccc(NC(=S)N(CCCn2ccnc2)Cc2ccc(C)o2)cc1. The van der Waals surface area contributed by atoms with Crippen molar-refractivity contribution >= 4 is 23.0 Å². The monoisotopic (exact) mass is 398 g/mol. The Balaban J connectivity index is 1.62. The van der Waals surface area contributed by atoms with Gasteiger partial charge in [0.2, 0.25) is 0 Å². The van der Waals surface area contributed by atoms with Gasteiger partial charge in [0.15, 0.2) is 5.11 Å². The van der Waals surface area contributed by atoms with Gasteiger partial charge in [-0.05, 0) is 68.9 Å². The molecule has 0 atom stereocenters. The number of imidazole rings is 1. The predicted molar refractivity (Wildman–Crippen MR) is 115 cm³/mol. The average Bonchev–Trinajstić information content (AvgIpc) is 3.34. The van der Waals surface area contributed by atoms with Crippen molar-refractivity contribution in [2.45, 2.75) is 33.4 Å². The maximum atomic E-state index is 5.75. The molecule has 7 heteroatoms. The Bertz CT molecular complexity index is 859. The summed E-state index contributed by atoms with van der Waals surface area (Å²) in [6.07, 6.45) is 6.54. The van der Waals surface area contributed by atoms with Crippen LogP contribution in [0.1, 0.15) is 24.9 Å². The van der Waals surface area contributed by atoms with Crippen molar-refractivity contribution in [3.63, 3.8) is 0 Å². The number of aryl methyl sites for hydroxylation is 2. The Kier molecular flexibility index (Phi) is 7.08. The second kappa shape index (κ2) is 9.94. The van der Waals surface area contributed by atoms with E-state index in [1.165, 1.54) is 0 Å². The Morgan fingerprint density at radius 3 is 2.71 bits per heavy atom. The highest BCUT2D eigenvalue weighted by atomic mass is 32.1. The quantitative estimate of drug-likeness (QED) is 0.537. The molecule has 0 fully saturated rings. The molecule has 0 amide bonds. The number of benzene rings is 1. The lowest BCUT2D eigenvalue weighted by molar-refractivity contribution is 0.340. The zero-order valence-corrected chi connectivity index (χ0v) is 17.1. The van der Waals surface area contributed by atoms with Gasteiger partial charge in [-0.25, -0.2) is 4.98 Å². The van der Waals surface area contributed by atoms with Gasteiger partial charge in [-0.15, -0.1) is 0 Å². The number of thiocarbonyl (C=S) groups is 1. The first kappa shape index (κ1) is 19.9. The number of rotatable bonds is 9. The minimum absolute atomic E-state index is 0.626. The van der Waals surface area contributed by atoms with Gasteiger partial charge in [0, 0.05) is 31.2 Å². The van der Waals surface area contributed by atoms with E-state index in [9.17, 15) is 0 Å². The maximum Gasteiger partial charge on any atom is 0.173 e. The van der Waals surface area contributed by atoms with Crippen molar-refractivity contribution in [3.05, 3.63) is 66.6 Å². The smallest absolute Gasteiger partial charge is 0.173 e. The first-order valence-electron chi connectivity index (χ1n) is 9.44. The average molecular weight is 399 g/mol. The second-order valence-electron chi connectivity index (χ2n) is 6.48. The van der Waals surface area contributed by atoms with Gasteiger partial charge in [-0.2, -0.15) is 0 Å². The van der Waals surface area contributed by atoms with Crippen LogP contribution in [0.4, 0.5) is 5.69 Å². The van der Waals surface area contributed by atoms with Crippen LogP contribution in [0.25, 0.3) is 0 Å². The van der Waals surface area contributed by atoms with E-state index in [0.717, 1.165) is 42.5 Å². The highest BCUT2D eigenvalue weighted by molar-refractivity contribution is 7.80. The Hall–Kier alpha value is -2.80. The van der Waals surface area contributed by atoms with Gasteiger partial charge in [0.1, 0.15) is 17.3 Å². The molecule has 2 aromatic heterocycles. The van der Waals surface area contributed by atoms with Crippen LogP contribution in [0.3, 0.4) is 0 Å². The predicted octanol–water partition coefficient (Wildman–Crippen LogP) is 4.47. The molecule has 3 aromatic rings. The van der Waals surface area contributed by atoms with Gasteiger partial charge in [-0.1, -0.05) is 0 Å². The van der Waals surface area contributed by atoms with Crippen LogP contribution in [0.15, 0.2) is 59.5 Å². The summed E-state index contributed by atoms with van der Waals surface area (Å²) in [5.74, 6) is 2.65. The molecule has 0 unspecified atom stereocenters. The summed E-state index contributed by atoms with van der Waals surface area (Å²) < 4.78 is 13.3. The molecule has 0 aliphatic carbocycles. The normalized spacial score (nSPS) is 10.6. The van der Waals surface area contributed by atoms with Crippen LogP contribution in [0.5, 0.6) is 5.75 Å². The highest BCUT2D eigenvalue weighted by Gasteiger charge is 2.13. The highest BCUT2D eigenvalue weighted by Crippen LogP contribution is 2.17. The molecule has 28 heavy (non-hydrogen) atoms. The summed E-state index contributed by atoms with van der Waals surface area (Å²) in [5.41, 5.74) is 0.934. The molecule has 0 spiro atoms. The fourth-order valence-corrected chi connectivity index (χ4v) is 3.15.